The molecule has 1 atom stereocenters. The molecule has 0 bridgehead atoms. The van der Waals surface area contributed by atoms with Gasteiger partial charge in [0, 0.05) is 16.1 Å². The molecular weight excluding hydrogens is 279 g/mol. The minimum Gasteiger partial charge on any atom is -0.314 e. The highest BCUT2D eigenvalue weighted by Crippen LogP contribution is 2.22. The van der Waals surface area contributed by atoms with Crippen LogP contribution in [0.5, 0.6) is 0 Å². The third-order valence-corrected chi connectivity index (χ3v) is 3.69. The molecule has 1 rings (SSSR count). The van der Waals surface area contributed by atoms with E-state index in [1.807, 2.05) is 18.2 Å². The maximum atomic E-state index is 6.24. The van der Waals surface area contributed by atoms with E-state index in [9.17, 15) is 0 Å². The summed E-state index contributed by atoms with van der Waals surface area (Å²) >= 11 is 12.3. The van der Waals surface area contributed by atoms with Crippen molar-refractivity contribution in [3.8, 4) is 0 Å². The summed E-state index contributed by atoms with van der Waals surface area (Å²) in [6, 6.07) is 6.13. The monoisotopic (exact) mass is 302 g/mol. The smallest absolute Gasteiger partial charge is 0.0439 e. The van der Waals surface area contributed by atoms with Crippen molar-refractivity contribution >= 4 is 23.2 Å². The summed E-state index contributed by atoms with van der Waals surface area (Å²) < 4.78 is 0. The molecular formula is C15H24Cl2N2. The van der Waals surface area contributed by atoms with E-state index in [0.717, 1.165) is 48.0 Å². The maximum Gasteiger partial charge on any atom is 0.0439 e. The van der Waals surface area contributed by atoms with Gasteiger partial charge in [-0.15, -0.1) is 0 Å². The van der Waals surface area contributed by atoms with Gasteiger partial charge < -0.3 is 10.2 Å². The van der Waals surface area contributed by atoms with Crippen LogP contribution in [0.2, 0.25) is 10.0 Å². The van der Waals surface area contributed by atoms with Crippen LogP contribution in [0.1, 0.15) is 25.3 Å². The van der Waals surface area contributed by atoms with Crippen molar-refractivity contribution in [2.45, 2.75) is 32.2 Å². The van der Waals surface area contributed by atoms with Crippen molar-refractivity contribution in [3.05, 3.63) is 33.8 Å². The quantitative estimate of drug-likeness (QED) is 0.784. The van der Waals surface area contributed by atoms with Crippen LogP contribution < -0.4 is 5.32 Å². The van der Waals surface area contributed by atoms with Gasteiger partial charge in [0.1, 0.15) is 0 Å². The maximum absolute atomic E-state index is 6.24. The highest BCUT2D eigenvalue weighted by atomic mass is 35.5. The molecule has 4 heteroatoms. The van der Waals surface area contributed by atoms with Gasteiger partial charge in [-0.05, 0) is 70.2 Å². The van der Waals surface area contributed by atoms with E-state index in [1.165, 1.54) is 0 Å². The molecule has 0 radical (unpaired) electrons. The van der Waals surface area contributed by atoms with Crippen molar-refractivity contribution in [3.63, 3.8) is 0 Å². The van der Waals surface area contributed by atoms with E-state index < -0.39 is 0 Å². The molecule has 0 spiro atoms. The van der Waals surface area contributed by atoms with Gasteiger partial charge in [-0.2, -0.15) is 0 Å². The van der Waals surface area contributed by atoms with Crippen LogP contribution in [0.3, 0.4) is 0 Å². The first kappa shape index (κ1) is 16.8. The number of hydrogen-bond acceptors (Lipinski definition) is 2. The fraction of sp³-hybridized carbons (Fsp3) is 0.600. The third kappa shape index (κ3) is 6.62. The van der Waals surface area contributed by atoms with Crippen LogP contribution in [0.15, 0.2) is 18.2 Å². The van der Waals surface area contributed by atoms with Crippen molar-refractivity contribution < 1.29 is 0 Å². The molecule has 19 heavy (non-hydrogen) atoms. The van der Waals surface area contributed by atoms with Crippen LogP contribution >= 0.6 is 23.2 Å². The van der Waals surface area contributed by atoms with Crippen molar-refractivity contribution in [2.24, 2.45) is 0 Å². The molecule has 1 N–H and O–H groups in total. The summed E-state index contributed by atoms with van der Waals surface area (Å²) in [5.74, 6) is 0. The van der Waals surface area contributed by atoms with Gasteiger partial charge in [-0.3, -0.25) is 0 Å². The van der Waals surface area contributed by atoms with E-state index in [2.05, 4.69) is 31.2 Å². The summed E-state index contributed by atoms with van der Waals surface area (Å²) in [7, 11) is 4.20. The van der Waals surface area contributed by atoms with E-state index in [-0.39, 0.29) is 0 Å². The van der Waals surface area contributed by atoms with Gasteiger partial charge in [-0.1, -0.05) is 30.1 Å². The molecule has 0 saturated heterocycles. The third-order valence-electron chi connectivity index (χ3n) is 3.08. The molecule has 0 aliphatic carbocycles. The van der Waals surface area contributed by atoms with E-state index in [4.69, 9.17) is 23.2 Å². The lowest BCUT2D eigenvalue weighted by atomic mass is 10.0. The second-order valence-electron chi connectivity index (χ2n) is 5.18. The standard InChI is InChI=1S/C15H24Cl2N2/c1-4-8-18-14(7-9-19(2)3)11-12-10-13(16)5-6-15(12)17/h5-6,10,14,18H,4,7-9,11H2,1-3H3. The first-order valence-electron chi connectivity index (χ1n) is 6.85. The Morgan fingerprint density at radius 3 is 2.63 bits per heavy atom. The number of benzene rings is 1. The first-order chi connectivity index (χ1) is 9.02. The summed E-state index contributed by atoms with van der Waals surface area (Å²) in [6.07, 6.45) is 3.17. The number of hydrogen-bond donors (Lipinski definition) is 1. The van der Waals surface area contributed by atoms with Gasteiger partial charge in [0.25, 0.3) is 0 Å². The SMILES string of the molecule is CCCNC(CCN(C)C)Cc1cc(Cl)ccc1Cl. The molecule has 0 aliphatic rings. The molecule has 0 aliphatic heterocycles. The summed E-state index contributed by atoms with van der Waals surface area (Å²) in [5.41, 5.74) is 1.13. The van der Waals surface area contributed by atoms with Gasteiger partial charge in [0.2, 0.25) is 0 Å². The summed E-state index contributed by atoms with van der Waals surface area (Å²) in [6.45, 7) is 4.29. The summed E-state index contributed by atoms with van der Waals surface area (Å²) in [5, 5.41) is 5.15. The molecule has 0 amide bonds. The number of nitrogens with one attached hydrogen (secondary N) is 1. The molecule has 0 saturated carbocycles. The second kappa shape index (κ2) is 8.80. The minimum absolute atomic E-state index is 0.443. The van der Waals surface area contributed by atoms with Gasteiger partial charge in [-0.25, -0.2) is 0 Å². The van der Waals surface area contributed by atoms with Crippen LogP contribution in [0.4, 0.5) is 0 Å². The molecule has 1 unspecified atom stereocenters. The highest BCUT2D eigenvalue weighted by molar-refractivity contribution is 6.33. The Morgan fingerprint density at radius 1 is 1.26 bits per heavy atom. The number of rotatable bonds is 8. The topological polar surface area (TPSA) is 15.3 Å². The fourth-order valence-electron chi connectivity index (χ4n) is 2.00. The van der Waals surface area contributed by atoms with Crippen LogP contribution in [-0.2, 0) is 6.42 Å². The van der Waals surface area contributed by atoms with Crippen LogP contribution in [-0.4, -0.2) is 38.1 Å². The lowest BCUT2D eigenvalue weighted by Gasteiger charge is -2.21. The first-order valence-corrected chi connectivity index (χ1v) is 7.60. The molecule has 0 fully saturated rings. The van der Waals surface area contributed by atoms with E-state index in [1.54, 1.807) is 0 Å². The average Bonchev–Trinajstić information content (AvgIpc) is 2.36. The van der Waals surface area contributed by atoms with Crippen LogP contribution in [0.25, 0.3) is 0 Å². The zero-order chi connectivity index (χ0) is 14.3. The zero-order valence-corrected chi connectivity index (χ0v) is 13.6. The van der Waals surface area contributed by atoms with Gasteiger partial charge in [0.05, 0.1) is 0 Å². The Labute approximate surface area is 127 Å². The Kier molecular flexibility index (Phi) is 7.77. The van der Waals surface area contributed by atoms with Gasteiger partial charge in [0.15, 0.2) is 0 Å². The average molecular weight is 303 g/mol. The minimum atomic E-state index is 0.443. The van der Waals surface area contributed by atoms with Gasteiger partial charge >= 0.3 is 0 Å². The molecule has 0 aromatic heterocycles. The van der Waals surface area contributed by atoms with E-state index >= 15 is 0 Å². The van der Waals surface area contributed by atoms with Crippen LogP contribution in [0, 0.1) is 0 Å². The predicted octanol–water partition coefficient (Wildman–Crippen LogP) is 3.86. The molecule has 0 heterocycles. The molecule has 1 aromatic rings. The lowest BCUT2D eigenvalue weighted by Crippen LogP contribution is -2.34. The van der Waals surface area contributed by atoms with Crippen molar-refractivity contribution in [1.82, 2.24) is 10.2 Å². The zero-order valence-electron chi connectivity index (χ0n) is 12.0. The highest BCUT2D eigenvalue weighted by Gasteiger charge is 2.12. The second-order valence-corrected chi connectivity index (χ2v) is 6.03. The number of nitrogens with zero attached hydrogens (tertiary/aromatic N) is 1. The molecule has 1 aromatic carbocycles. The largest absolute Gasteiger partial charge is 0.314 e. The molecule has 108 valence electrons. The Balaban J connectivity index is 2.66. The number of halogens is 2. The Hall–Kier alpha value is -0.280. The Morgan fingerprint density at radius 2 is 2.00 bits per heavy atom. The van der Waals surface area contributed by atoms with E-state index in [0.29, 0.717) is 6.04 Å². The normalized spacial score (nSPS) is 12.9. The summed E-state index contributed by atoms with van der Waals surface area (Å²) in [4.78, 5) is 2.21. The van der Waals surface area contributed by atoms with Crippen molar-refractivity contribution in [1.29, 1.82) is 0 Å². The van der Waals surface area contributed by atoms with Crippen molar-refractivity contribution in [2.75, 3.05) is 27.2 Å². The Bertz CT molecular complexity index is 380. The predicted molar refractivity (Wildman–Crippen MR) is 85.4 cm³/mol. The lowest BCUT2D eigenvalue weighted by molar-refractivity contribution is 0.356. The molecule has 2 nitrogen and oxygen atoms in total. The fourth-order valence-corrected chi connectivity index (χ4v) is 2.39.